The normalized spacial score (nSPS) is 10.5. The maximum Gasteiger partial charge on any atom is 0.309 e. The Morgan fingerprint density at radius 2 is 2.22 bits per heavy atom. The number of carboxylic acid groups (broad SMARTS) is 1. The van der Waals surface area contributed by atoms with E-state index in [9.17, 15) is 9.59 Å². The van der Waals surface area contributed by atoms with Gasteiger partial charge in [0, 0.05) is 6.20 Å². The standard InChI is InChI=1S/C13H15NO4/c1-2-18-13(17)5-3-4-10-6-7-11(14-9-10)8-12(15)16/h3-4,6-7,9H,2,5,8H2,1H3,(H,15,16). The average Bonchev–Trinajstić information content (AvgIpc) is 2.31. The summed E-state index contributed by atoms with van der Waals surface area (Å²) >= 11 is 0. The Balaban J connectivity index is 2.50. The minimum atomic E-state index is -0.909. The molecule has 1 aromatic rings. The molecule has 5 heteroatoms. The molecule has 0 bridgehead atoms. The molecule has 5 nitrogen and oxygen atoms in total. The molecule has 0 saturated heterocycles. The smallest absolute Gasteiger partial charge is 0.309 e. The third kappa shape index (κ3) is 5.25. The lowest BCUT2D eigenvalue weighted by molar-refractivity contribution is -0.142. The number of carboxylic acids is 1. The predicted octanol–water partition coefficient (Wildman–Crippen LogP) is 1.68. The van der Waals surface area contributed by atoms with Gasteiger partial charge in [-0.15, -0.1) is 0 Å². The van der Waals surface area contributed by atoms with Crippen LogP contribution in [0, 0.1) is 0 Å². The largest absolute Gasteiger partial charge is 0.481 e. The molecule has 1 N–H and O–H groups in total. The summed E-state index contributed by atoms with van der Waals surface area (Å²) in [7, 11) is 0. The summed E-state index contributed by atoms with van der Waals surface area (Å²) in [5, 5.41) is 8.58. The molecule has 0 fully saturated rings. The van der Waals surface area contributed by atoms with E-state index in [1.807, 2.05) is 0 Å². The number of rotatable bonds is 6. The highest BCUT2D eigenvalue weighted by molar-refractivity contribution is 5.72. The molecular weight excluding hydrogens is 234 g/mol. The van der Waals surface area contributed by atoms with Gasteiger partial charge in [-0.1, -0.05) is 18.2 Å². The van der Waals surface area contributed by atoms with Gasteiger partial charge in [-0.2, -0.15) is 0 Å². The van der Waals surface area contributed by atoms with Crippen LogP contribution in [-0.2, 0) is 20.7 Å². The van der Waals surface area contributed by atoms with Gasteiger partial charge < -0.3 is 9.84 Å². The Morgan fingerprint density at radius 3 is 2.78 bits per heavy atom. The number of carbonyl (C=O) groups excluding carboxylic acids is 1. The second kappa shape index (κ2) is 7.21. The van der Waals surface area contributed by atoms with Crippen molar-refractivity contribution in [2.24, 2.45) is 0 Å². The van der Waals surface area contributed by atoms with Crippen molar-refractivity contribution in [3.05, 3.63) is 35.7 Å². The van der Waals surface area contributed by atoms with Crippen LogP contribution in [0.3, 0.4) is 0 Å². The molecule has 0 aliphatic heterocycles. The summed E-state index contributed by atoms with van der Waals surface area (Å²) in [5.74, 6) is -1.18. The zero-order valence-corrected chi connectivity index (χ0v) is 10.1. The third-order valence-electron chi connectivity index (χ3n) is 2.08. The lowest BCUT2D eigenvalue weighted by Gasteiger charge is -1.98. The Hall–Kier alpha value is -2.17. The van der Waals surface area contributed by atoms with E-state index < -0.39 is 5.97 Å². The van der Waals surface area contributed by atoms with Gasteiger partial charge in [-0.05, 0) is 18.6 Å². The number of nitrogens with zero attached hydrogens (tertiary/aromatic N) is 1. The fraction of sp³-hybridized carbons (Fsp3) is 0.308. The van der Waals surface area contributed by atoms with Crippen molar-refractivity contribution in [1.82, 2.24) is 4.98 Å². The third-order valence-corrected chi connectivity index (χ3v) is 2.08. The van der Waals surface area contributed by atoms with Gasteiger partial charge in [0.1, 0.15) is 0 Å². The molecule has 1 heterocycles. The molecule has 1 aromatic heterocycles. The molecule has 0 atom stereocenters. The van der Waals surface area contributed by atoms with Gasteiger partial charge in [0.25, 0.3) is 0 Å². The number of carbonyl (C=O) groups is 2. The number of ether oxygens (including phenoxy) is 1. The molecule has 0 saturated carbocycles. The van der Waals surface area contributed by atoms with E-state index in [1.165, 1.54) is 0 Å². The second-order valence-electron chi connectivity index (χ2n) is 3.56. The maximum atomic E-state index is 11.1. The van der Waals surface area contributed by atoms with Crippen molar-refractivity contribution in [3.63, 3.8) is 0 Å². The van der Waals surface area contributed by atoms with Crippen LogP contribution in [-0.4, -0.2) is 28.6 Å². The average molecular weight is 249 g/mol. The Labute approximate surface area is 105 Å². The summed E-state index contributed by atoms with van der Waals surface area (Å²) in [5.41, 5.74) is 1.32. The maximum absolute atomic E-state index is 11.1. The molecule has 0 spiro atoms. The van der Waals surface area contributed by atoms with Gasteiger partial charge in [0.15, 0.2) is 0 Å². The van der Waals surface area contributed by atoms with E-state index in [0.29, 0.717) is 12.3 Å². The first-order valence-corrected chi connectivity index (χ1v) is 5.60. The SMILES string of the molecule is CCOC(=O)CC=Cc1ccc(CC(=O)O)nc1. The molecule has 0 aliphatic rings. The van der Waals surface area contributed by atoms with Crippen molar-refractivity contribution in [2.75, 3.05) is 6.61 Å². The van der Waals surface area contributed by atoms with Crippen LogP contribution in [0.2, 0.25) is 0 Å². The van der Waals surface area contributed by atoms with Crippen LogP contribution in [0.4, 0.5) is 0 Å². The molecule has 0 radical (unpaired) electrons. The fourth-order valence-corrected chi connectivity index (χ4v) is 1.31. The first-order valence-electron chi connectivity index (χ1n) is 5.60. The molecule has 0 aromatic carbocycles. The number of hydrogen-bond acceptors (Lipinski definition) is 4. The van der Waals surface area contributed by atoms with Crippen molar-refractivity contribution in [1.29, 1.82) is 0 Å². The molecule has 0 amide bonds. The lowest BCUT2D eigenvalue weighted by atomic mass is 10.2. The number of aromatic nitrogens is 1. The Bertz CT molecular complexity index is 437. The monoisotopic (exact) mass is 249 g/mol. The van der Waals surface area contributed by atoms with Gasteiger partial charge in [-0.25, -0.2) is 0 Å². The zero-order chi connectivity index (χ0) is 13.4. The summed E-state index contributed by atoms with van der Waals surface area (Å²) in [4.78, 5) is 25.5. The van der Waals surface area contributed by atoms with E-state index in [4.69, 9.17) is 9.84 Å². The minimum absolute atomic E-state index is 0.0905. The van der Waals surface area contributed by atoms with Crippen LogP contribution in [0.25, 0.3) is 6.08 Å². The van der Waals surface area contributed by atoms with Crippen molar-refractivity contribution >= 4 is 18.0 Å². The highest BCUT2D eigenvalue weighted by Gasteiger charge is 2.01. The summed E-state index contributed by atoms with van der Waals surface area (Å²) in [6.45, 7) is 2.13. The number of esters is 1. The van der Waals surface area contributed by atoms with E-state index >= 15 is 0 Å². The van der Waals surface area contributed by atoms with Crippen LogP contribution in [0.1, 0.15) is 24.6 Å². The van der Waals surface area contributed by atoms with Gasteiger partial charge >= 0.3 is 11.9 Å². The summed E-state index contributed by atoms with van der Waals surface area (Å²) in [6, 6.07) is 3.41. The van der Waals surface area contributed by atoms with Gasteiger partial charge in [-0.3, -0.25) is 14.6 Å². The summed E-state index contributed by atoms with van der Waals surface area (Å²) in [6.07, 6.45) is 5.12. The Morgan fingerprint density at radius 1 is 1.44 bits per heavy atom. The van der Waals surface area contributed by atoms with Gasteiger partial charge in [0.05, 0.1) is 25.1 Å². The van der Waals surface area contributed by atoms with Crippen LogP contribution in [0.5, 0.6) is 0 Å². The van der Waals surface area contributed by atoms with Crippen LogP contribution in [0.15, 0.2) is 24.4 Å². The van der Waals surface area contributed by atoms with Gasteiger partial charge in [0.2, 0.25) is 0 Å². The topological polar surface area (TPSA) is 76.5 Å². The van der Waals surface area contributed by atoms with Crippen molar-refractivity contribution in [3.8, 4) is 0 Å². The van der Waals surface area contributed by atoms with Crippen molar-refractivity contribution < 1.29 is 19.4 Å². The lowest BCUT2D eigenvalue weighted by Crippen LogP contribution is -2.02. The number of hydrogen-bond donors (Lipinski definition) is 1. The van der Waals surface area contributed by atoms with Crippen LogP contribution < -0.4 is 0 Å². The first-order chi connectivity index (χ1) is 8.61. The highest BCUT2D eigenvalue weighted by Crippen LogP contribution is 2.04. The second-order valence-corrected chi connectivity index (χ2v) is 3.56. The van der Waals surface area contributed by atoms with Crippen LogP contribution >= 0.6 is 0 Å². The molecule has 18 heavy (non-hydrogen) atoms. The number of pyridine rings is 1. The van der Waals surface area contributed by atoms with E-state index in [0.717, 1.165) is 5.56 Å². The zero-order valence-electron chi connectivity index (χ0n) is 10.1. The minimum Gasteiger partial charge on any atom is -0.481 e. The molecule has 0 unspecified atom stereocenters. The first kappa shape index (κ1) is 13.9. The molecule has 0 aliphatic carbocycles. The summed E-state index contributed by atoms with van der Waals surface area (Å²) < 4.78 is 4.77. The molecule has 1 rings (SSSR count). The molecular formula is C13H15NO4. The molecule has 96 valence electrons. The quantitative estimate of drug-likeness (QED) is 0.776. The van der Waals surface area contributed by atoms with Crippen molar-refractivity contribution in [2.45, 2.75) is 19.8 Å². The van der Waals surface area contributed by atoms with E-state index in [2.05, 4.69) is 4.98 Å². The van der Waals surface area contributed by atoms with E-state index in [-0.39, 0.29) is 18.8 Å². The highest BCUT2D eigenvalue weighted by atomic mass is 16.5. The Kier molecular flexibility index (Phi) is 5.57. The van der Waals surface area contributed by atoms with E-state index in [1.54, 1.807) is 37.4 Å². The fourth-order valence-electron chi connectivity index (χ4n) is 1.31. The predicted molar refractivity (Wildman–Crippen MR) is 65.9 cm³/mol. The number of aliphatic carboxylic acids is 1.